The van der Waals surface area contributed by atoms with Crippen LogP contribution in [0.25, 0.3) is 11.5 Å². The quantitative estimate of drug-likeness (QED) is 0.456. The van der Waals surface area contributed by atoms with E-state index in [9.17, 15) is 9.59 Å². The molecule has 7 heteroatoms. The first-order valence-corrected chi connectivity index (χ1v) is 11.6. The first kappa shape index (κ1) is 22.7. The second-order valence-electron chi connectivity index (χ2n) is 9.42. The molecule has 4 aromatic rings. The van der Waals surface area contributed by atoms with Crippen molar-refractivity contribution in [1.82, 2.24) is 15.1 Å². The van der Waals surface area contributed by atoms with E-state index >= 15 is 0 Å². The Morgan fingerprint density at radius 3 is 2.51 bits per heavy atom. The van der Waals surface area contributed by atoms with Crippen LogP contribution in [-0.2, 0) is 17.9 Å². The number of carbonyl (C=O) groups is 2. The van der Waals surface area contributed by atoms with Crippen molar-refractivity contribution >= 4 is 17.5 Å². The van der Waals surface area contributed by atoms with Gasteiger partial charge in [0.1, 0.15) is 16.9 Å². The Bertz CT molecular complexity index is 1400. The molecule has 0 saturated heterocycles. The first-order chi connectivity index (χ1) is 16.8. The van der Waals surface area contributed by atoms with E-state index in [4.69, 9.17) is 4.42 Å². The zero-order valence-electron chi connectivity index (χ0n) is 20.3. The number of hydrogen-bond acceptors (Lipinski definition) is 4. The van der Waals surface area contributed by atoms with Gasteiger partial charge in [0.05, 0.1) is 12.8 Å². The van der Waals surface area contributed by atoms with Crippen molar-refractivity contribution in [1.29, 1.82) is 0 Å². The lowest BCUT2D eigenvalue weighted by molar-refractivity contribution is -0.126. The third-order valence-electron chi connectivity index (χ3n) is 6.60. The van der Waals surface area contributed by atoms with Gasteiger partial charge in [0.15, 0.2) is 5.76 Å². The van der Waals surface area contributed by atoms with Gasteiger partial charge < -0.3 is 9.73 Å². The number of benzene rings is 2. The summed E-state index contributed by atoms with van der Waals surface area (Å²) in [7, 11) is 0. The van der Waals surface area contributed by atoms with Crippen molar-refractivity contribution in [2.24, 2.45) is 0 Å². The summed E-state index contributed by atoms with van der Waals surface area (Å²) < 4.78 is 7.11. The van der Waals surface area contributed by atoms with Crippen molar-refractivity contribution in [2.75, 3.05) is 4.90 Å². The maximum absolute atomic E-state index is 13.9. The van der Waals surface area contributed by atoms with Crippen LogP contribution in [0.4, 0.5) is 5.69 Å². The van der Waals surface area contributed by atoms with Crippen LogP contribution in [0.1, 0.15) is 39.7 Å². The fourth-order valence-electron chi connectivity index (χ4n) is 4.54. The smallest absolute Gasteiger partial charge is 0.277 e. The number of aryl methyl sites for hydroxylation is 3. The molecular weight excluding hydrogens is 440 g/mol. The van der Waals surface area contributed by atoms with Crippen molar-refractivity contribution in [3.05, 3.63) is 94.9 Å². The zero-order chi connectivity index (χ0) is 24.7. The molecule has 35 heavy (non-hydrogen) atoms. The van der Waals surface area contributed by atoms with Crippen LogP contribution in [0.5, 0.6) is 0 Å². The fourth-order valence-corrected chi connectivity index (χ4v) is 4.54. The van der Waals surface area contributed by atoms with E-state index in [0.717, 1.165) is 27.9 Å². The van der Waals surface area contributed by atoms with Gasteiger partial charge >= 0.3 is 0 Å². The van der Waals surface area contributed by atoms with Crippen LogP contribution in [-0.4, -0.2) is 27.1 Å². The molecule has 2 aromatic heterocycles. The number of anilines is 1. The molecule has 1 unspecified atom stereocenters. The summed E-state index contributed by atoms with van der Waals surface area (Å²) in [5.74, 6) is 0.0554. The van der Waals surface area contributed by atoms with E-state index in [1.807, 2.05) is 63.2 Å². The molecule has 1 N–H and O–H groups in total. The number of furan rings is 1. The topological polar surface area (TPSA) is 80.4 Å². The monoisotopic (exact) mass is 468 g/mol. The Hall–Kier alpha value is -4.13. The minimum absolute atomic E-state index is 0.210. The summed E-state index contributed by atoms with van der Waals surface area (Å²) in [5, 5.41) is 7.67. The minimum Gasteiger partial charge on any atom is -0.463 e. The summed E-state index contributed by atoms with van der Waals surface area (Å²) >= 11 is 0. The van der Waals surface area contributed by atoms with Gasteiger partial charge in [0.2, 0.25) is 5.91 Å². The number of fused-ring (bicyclic) bond motifs is 1. The van der Waals surface area contributed by atoms with Gasteiger partial charge in [0.25, 0.3) is 5.91 Å². The molecule has 1 aliphatic heterocycles. The number of nitrogens with one attached hydrogen (secondary N) is 1. The Kier molecular flexibility index (Phi) is 5.55. The molecule has 7 nitrogen and oxygen atoms in total. The van der Waals surface area contributed by atoms with Gasteiger partial charge in [-0.15, -0.1) is 0 Å². The van der Waals surface area contributed by atoms with E-state index in [-0.39, 0.29) is 18.4 Å². The number of aromatic nitrogens is 2. The molecule has 2 aromatic carbocycles. The Morgan fingerprint density at radius 2 is 1.80 bits per heavy atom. The molecule has 2 amide bonds. The summed E-state index contributed by atoms with van der Waals surface area (Å²) in [6, 6.07) is 19.3. The van der Waals surface area contributed by atoms with E-state index in [2.05, 4.69) is 10.4 Å². The third kappa shape index (κ3) is 4.03. The highest BCUT2D eigenvalue weighted by Crippen LogP contribution is 2.36. The number of carbonyl (C=O) groups excluding carboxylic acids is 2. The second-order valence-corrected chi connectivity index (χ2v) is 9.42. The molecular formula is C28H28N4O3. The van der Waals surface area contributed by atoms with E-state index < -0.39 is 5.54 Å². The number of rotatable bonds is 5. The van der Waals surface area contributed by atoms with Gasteiger partial charge in [-0.05, 0) is 62.6 Å². The molecule has 0 bridgehead atoms. The molecule has 1 aliphatic rings. The maximum Gasteiger partial charge on any atom is 0.277 e. The summed E-state index contributed by atoms with van der Waals surface area (Å²) in [4.78, 5) is 29.3. The van der Waals surface area contributed by atoms with Crippen LogP contribution in [0, 0.1) is 20.8 Å². The van der Waals surface area contributed by atoms with Crippen molar-refractivity contribution in [2.45, 2.75) is 46.3 Å². The van der Waals surface area contributed by atoms with Gasteiger partial charge in [-0.25, -0.2) is 0 Å². The average molecular weight is 469 g/mol. The van der Waals surface area contributed by atoms with Crippen molar-refractivity contribution in [3.8, 4) is 11.5 Å². The zero-order valence-corrected chi connectivity index (χ0v) is 20.3. The van der Waals surface area contributed by atoms with Gasteiger partial charge in [-0.3, -0.25) is 19.2 Å². The lowest BCUT2D eigenvalue weighted by Crippen LogP contribution is -2.64. The molecule has 0 spiro atoms. The lowest BCUT2D eigenvalue weighted by atomic mass is 9.92. The minimum atomic E-state index is -1.19. The number of hydrogen-bond donors (Lipinski definition) is 1. The molecule has 1 atom stereocenters. The van der Waals surface area contributed by atoms with Crippen LogP contribution < -0.4 is 10.2 Å². The molecule has 178 valence electrons. The predicted molar refractivity (Wildman–Crippen MR) is 134 cm³/mol. The van der Waals surface area contributed by atoms with Crippen molar-refractivity contribution < 1.29 is 14.0 Å². The van der Waals surface area contributed by atoms with Gasteiger partial charge in [-0.1, -0.05) is 42.0 Å². The number of amides is 2. The van der Waals surface area contributed by atoms with E-state index in [0.29, 0.717) is 23.7 Å². The molecule has 0 aliphatic carbocycles. The highest BCUT2D eigenvalue weighted by Gasteiger charge is 2.49. The largest absolute Gasteiger partial charge is 0.463 e. The highest BCUT2D eigenvalue weighted by molar-refractivity contribution is 6.12. The SMILES string of the molecule is Cc1ccc(CNC(=O)C2(C)Cn3nc(-c4ccco4)cc3C(=O)N2c2cc(C)ccc2C)cc1. The van der Waals surface area contributed by atoms with Crippen LogP contribution >= 0.6 is 0 Å². The lowest BCUT2D eigenvalue weighted by Gasteiger charge is -2.43. The van der Waals surface area contributed by atoms with Crippen molar-refractivity contribution in [3.63, 3.8) is 0 Å². The van der Waals surface area contributed by atoms with Crippen LogP contribution in [0.3, 0.4) is 0 Å². The van der Waals surface area contributed by atoms with Crippen LogP contribution in [0.2, 0.25) is 0 Å². The standard InChI is InChI=1S/C28H28N4O3/c1-18-8-11-21(12-9-18)16-29-27(34)28(4)17-31-24(15-22(30-31)25-6-5-13-35-25)26(33)32(28)23-14-19(2)7-10-20(23)3/h5-15H,16-17H2,1-4H3,(H,29,34). The molecule has 0 saturated carbocycles. The van der Waals surface area contributed by atoms with Gasteiger partial charge in [0, 0.05) is 18.3 Å². The summed E-state index contributed by atoms with van der Waals surface area (Å²) in [6.45, 7) is 8.33. The Morgan fingerprint density at radius 1 is 1.06 bits per heavy atom. The number of nitrogens with zero attached hydrogens (tertiary/aromatic N) is 3. The summed E-state index contributed by atoms with van der Waals surface area (Å²) in [6.07, 6.45) is 1.57. The third-order valence-corrected chi connectivity index (χ3v) is 6.60. The molecule has 3 heterocycles. The van der Waals surface area contributed by atoms with Gasteiger partial charge in [-0.2, -0.15) is 5.10 Å². The maximum atomic E-state index is 13.9. The summed E-state index contributed by atoms with van der Waals surface area (Å²) in [5.41, 5.74) is 4.58. The fraction of sp³-hybridized carbons (Fsp3) is 0.250. The average Bonchev–Trinajstić information content (AvgIpc) is 3.51. The molecule has 5 rings (SSSR count). The van der Waals surface area contributed by atoms with Crippen LogP contribution in [0.15, 0.2) is 71.3 Å². The van der Waals surface area contributed by atoms with E-state index in [1.165, 1.54) is 0 Å². The predicted octanol–water partition coefficient (Wildman–Crippen LogP) is 4.80. The molecule has 0 radical (unpaired) electrons. The van der Waals surface area contributed by atoms with E-state index in [1.54, 1.807) is 41.0 Å². The Labute approximate surface area is 204 Å². The normalized spacial score (nSPS) is 17.4. The highest BCUT2D eigenvalue weighted by atomic mass is 16.3. The Balaban J connectivity index is 1.56. The first-order valence-electron chi connectivity index (χ1n) is 11.6. The molecule has 0 fully saturated rings. The second kappa shape index (κ2) is 8.58.